The van der Waals surface area contributed by atoms with Crippen LogP contribution in [0.15, 0.2) is 48.5 Å². The highest BCUT2D eigenvalue weighted by Gasteiger charge is 2.35. The van der Waals surface area contributed by atoms with Gasteiger partial charge in [0.25, 0.3) is 0 Å². The molecule has 0 bridgehead atoms. The van der Waals surface area contributed by atoms with E-state index < -0.39 is 24.0 Å². The molecule has 7 nitrogen and oxygen atoms in total. The molecule has 2 aromatic rings. The predicted octanol–water partition coefficient (Wildman–Crippen LogP) is 4.06. The quantitative estimate of drug-likeness (QED) is 0.549. The topological polar surface area (TPSA) is 105 Å². The van der Waals surface area contributed by atoms with Crippen molar-refractivity contribution in [3.8, 4) is 11.1 Å². The zero-order chi connectivity index (χ0) is 23.7. The molecule has 0 spiro atoms. The van der Waals surface area contributed by atoms with Gasteiger partial charge in [0.15, 0.2) is 0 Å². The van der Waals surface area contributed by atoms with Crippen LogP contribution in [0.1, 0.15) is 55.6 Å². The standard InChI is InChI=1S/C27H30N2O5/c30-25(28-18-12-11-17(14-18)26(31)32)24(13-16-9-10-16)29-27(33)34-15-23-21-7-3-1-5-19(21)20-6-2-4-8-22(20)23/h1-8,16-18,23-24H,9-15H2,(H,28,30)(H,29,33)(H,31,32)/t17-,18+,24?/m1/s1. The van der Waals surface area contributed by atoms with Crippen molar-refractivity contribution >= 4 is 18.0 Å². The van der Waals surface area contributed by atoms with Gasteiger partial charge in [0, 0.05) is 12.0 Å². The zero-order valence-corrected chi connectivity index (χ0v) is 19.0. The van der Waals surface area contributed by atoms with E-state index in [1.54, 1.807) is 0 Å². The predicted molar refractivity (Wildman–Crippen MR) is 126 cm³/mol. The van der Waals surface area contributed by atoms with Gasteiger partial charge in [0.2, 0.25) is 5.91 Å². The van der Waals surface area contributed by atoms with Gasteiger partial charge in [-0.25, -0.2) is 4.79 Å². The molecule has 7 heteroatoms. The van der Waals surface area contributed by atoms with Crippen molar-refractivity contribution in [2.45, 2.75) is 56.5 Å². The van der Waals surface area contributed by atoms with E-state index in [9.17, 15) is 19.5 Å². The van der Waals surface area contributed by atoms with E-state index in [1.807, 2.05) is 24.3 Å². The summed E-state index contributed by atoms with van der Waals surface area (Å²) >= 11 is 0. The van der Waals surface area contributed by atoms with Crippen LogP contribution in [0.2, 0.25) is 0 Å². The van der Waals surface area contributed by atoms with Crippen LogP contribution in [0.3, 0.4) is 0 Å². The SMILES string of the molecule is O=C(NC(CC1CC1)C(=O)N[C@H]1CC[C@@H](C(=O)O)C1)OCC1c2ccccc2-c2ccccc21. The van der Waals surface area contributed by atoms with Crippen LogP contribution in [0.5, 0.6) is 0 Å². The van der Waals surface area contributed by atoms with Gasteiger partial charge in [-0.15, -0.1) is 0 Å². The summed E-state index contributed by atoms with van der Waals surface area (Å²) < 4.78 is 5.63. The number of amides is 2. The van der Waals surface area contributed by atoms with Crippen LogP contribution in [0.4, 0.5) is 4.79 Å². The minimum absolute atomic E-state index is 0.0414. The van der Waals surface area contributed by atoms with Crippen molar-refractivity contribution in [1.82, 2.24) is 10.6 Å². The molecule has 3 aliphatic carbocycles. The van der Waals surface area contributed by atoms with E-state index in [-0.39, 0.29) is 24.5 Å². The monoisotopic (exact) mass is 462 g/mol. The first-order valence-electron chi connectivity index (χ1n) is 12.1. The second kappa shape index (κ2) is 9.49. The third-order valence-electron chi connectivity index (χ3n) is 7.35. The number of carbonyl (C=O) groups is 3. The van der Waals surface area contributed by atoms with Crippen LogP contribution < -0.4 is 10.6 Å². The molecule has 5 rings (SSSR count). The molecule has 0 heterocycles. The van der Waals surface area contributed by atoms with Gasteiger partial charge in [0.05, 0.1) is 5.92 Å². The highest BCUT2D eigenvalue weighted by Crippen LogP contribution is 2.44. The van der Waals surface area contributed by atoms with Crippen LogP contribution in [0.25, 0.3) is 11.1 Å². The first-order valence-corrected chi connectivity index (χ1v) is 12.1. The van der Waals surface area contributed by atoms with Gasteiger partial charge in [-0.05, 0) is 53.9 Å². The molecule has 2 fully saturated rings. The average molecular weight is 463 g/mol. The fourth-order valence-corrected chi connectivity index (χ4v) is 5.34. The number of nitrogens with one attached hydrogen (secondary N) is 2. The smallest absolute Gasteiger partial charge is 0.407 e. The van der Waals surface area contributed by atoms with Gasteiger partial charge in [-0.2, -0.15) is 0 Å². The maximum atomic E-state index is 12.9. The highest BCUT2D eigenvalue weighted by atomic mass is 16.5. The number of carboxylic acid groups (broad SMARTS) is 1. The second-order valence-electron chi connectivity index (χ2n) is 9.76. The fourth-order valence-electron chi connectivity index (χ4n) is 5.34. The summed E-state index contributed by atoms with van der Waals surface area (Å²) in [5, 5.41) is 14.9. The summed E-state index contributed by atoms with van der Waals surface area (Å²) in [6.45, 7) is 0.195. The summed E-state index contributed by atoms with van der Waals surface area (Å²) in [4.78, 5) is 36.9. The minimum Gasteiger partial charge on any atom is -0.481 e. The molecular weight excluding hydrogens is 432 g/mol. The Hall–Kier alpha value is -3.35. The Labute approximate surface area is 198 Å². The lowest BCUT2D eigenvalue weighted by Gasteiger charge is -2.22. The minimum atomic E-state index is -0.817. The Kier molecular flexibility index (Phi) is 6.26. The first kappa shape index (κ1) is 22.4. The van der Waals surface area contributed by atoms with E-state index in [0.29, 0.717) is 31.6 Å². The number of hydrogen-bond donors (Lipinski definition) is 3. The van der Waals surface area contributed by atoms with Crippen molar-refractivity contribution < 1.29 is 24.2 Å². The van der Waals surface area contributed by atoms with Crippen LogP contribution in [0, 0.1) is 11.8 Å². The molecule has 0 aliphatic heterocycles. The highest BCUT2D eigenvalue weighted by molar-refractivity contribution is 5.86. The summed E-state index contributed by atoms with van der Waals surface area (Å²) in [5.41, 5.74) is 4.60. The summed E-state index contributed by atoms with van der Waals surface area (Å²) in [6.07, 6.45) is 3.73. The molecule has 34 heavy (non-hydrogen) atoms. The number of carboxylic acids is 1. The molecule has 1 unspecified atom stereocenters. The third-order valence-corrected chi connectivity index (χ3v) is 7.35. The Morgan fingerprint density at radius 3 is 2.18 bits per heavy atom. The maximum Gasteiger partial charge on any atom is 0.407 e. The average Bonchev–Trinajstić information content (AvgIpc) is 3.42. The zero-order valence-electron chi connectivity index (χ0n) is 19.0. The first-order chi connectivity index (χ1) is 16.5. The van der Waals surface area contributed by atoms with E-state index in [0.717, 1.165) is 35.1 Å². The van der Waals surface area contributed by atoms with Gasteiger partial charge in [0.1, 0.15) is 12.6 Å². The number of carbonyl (C=O) groups excluding carboxylic acids is 2. The summed E-state index contributed by atoms with van der Waals surface area (Å²) in [5.74, 6) is -1.10. The second-order valence-corrected chi connectivity index (χ2v) is 9.76. The maximum absolute atomic E-state index is 12.9. The van der Waals surface area contributed by atoms with Gasteiger partial charge < -0.3 is 20.5 Å². The lowest BCUT2D eigenvalue weighted by Crippen LogP contribution is -2.49. The molecule has 2 amide bonds. The fraction of sp³-hybridized carbons (Fsp3) is 0.444. The molecule has 2 aromatic carbocycles. The Morgan fingerprint density at radius 2 is 1.59 bits per heavy atom. The van der Waals surface area contributed by atoms with E-state index in [2.05, 4.69) is 34.9 Å². The normalized spacial score (nSPS) is 21.9. The molecule has 0 saturated heterocycles. The number of rotatable bonds is 8. The van der Waals surface area contributed by atoms with Crippen molar-refractivity contribution in [3.63, 3.8) is 0 Å². The van der Waals surface area contributed by atoms with Crippen molar-refractivity contribution in [2.24, 2.45) is 11.8 Å². The molecule has 0 aromatic heterocycles. The Bertz CT molecular complexity index is 1050. The molecular formula is C27H30N2O5. The van der Waals surface area contributed by atoms with Crippen molar-refractivity contribution in [1.29, 1.82) is 0 Å². The van der Waals surface area contributed by atoms with Crippen molar-refractivity contribution in [3.05, 3.63) is 59.7 Å². The van der Waals surface area contributed by atoms with E-state index >= 15 is 0 Å². The molecule has 2 saturated carbocycles. The number of aliphatic carboxylic acids is 1. The van der Waals surface area contributed by atoms with Gasteiger partial charge in [-0.1, -0.05) is 61.4 Å². The number of alkyl carbamates (subject to hydrolysis) is 1. The van der Waals surface area contributed by atoms with E-state index in [1.165, 1.54) is 0 Å². The lowest BCUT2D eigenvalue weighted by molar-refractivity contribution is -0.141. The third kappa shape index (κ3) is 4.79. The van der Waals surface area contributed by atoms with Gasteiger partial charge >= 0.3 is 12.1 Å². The van der Waals surface area contributed by atoms with Crippen LogP contribution in [-0.2, 0) is 14.3 Å². The Morgan fingerprint density at radius 1 is 0.941 bits per heavy atom. The van der Waals surface area contributed by atoms with Gasteiger partial charge in [-0.3, -0.25) is 9.59 Å². The number of ether oxygens (including phenoxy) is 1. The number of benzene rings is 2. The largest absolute Gasteiger partial charge is 0.481 e. The molecule has 3 N–H and O–H groups in total. The summed E-state index contributed by atoms with van der Waals surface area (Å²) in [7, 11) is 0. The van der Waals surface area contributed by atoms with E-state index in [4.69, 9.17) is 4.74 Å². The summed E-state index contributed by atoms with van der Waals surface area (Å²) in [6, 6.07) is 15.5. The van der Waals surface area contributed by atoms with Crippen molar-refractivity contribution in [2.75, 3.05) is 6.61 Å². The lowest BCUT2D eigenvalue weighted by atomic mass is 9.98. The Balaban J connectivity index is 1.20. The molecule has 3 aliphatic rings. The number of fused-ring (bicyclic) bond motifs is 3. The van der Waals surface area contributed by atoms with Crippen LogP contribution in [-0.4, -0.2) is 41.8 Å². The molecule has 3 atom stereocenters. The molecule has 178 valence electrons. The molecule has 0 radical (unpaired) electrons. The van der Waals surface area contributed by atoms with Crippen LogP contribution >= 0.6 is 0 Å². The number of hydrogen-bond acceptors (Lipinski definition) is 4.